The summed E-state index contributed by atoms with van der Waals surface area (Å²) in [5.41, 5.74) is 5.83. The molecule has 0 saturated carbocycles. The topological polar surface area (TPSA) is 72.2 Å². The van der Waals surface area contributed by atoms with Crippen molar-refractivity contribution in [3.8, 4) is 0 Å². The van der Waals surface area contributed by atoms with E-state index in [1.807, 2.05) is 0 Å². The van der Waals surface area contributed by atoms with Gasteiger partial charge in [0.2, 0.25) is 11.8 Å². The lowest BCUT2D eigenvalue weighted by molar-refractivity contribution is -0.115. The fourth-order valence-corrected chi connectivity index (χ4v) is 1.67. The van der Waals surface area contributed by atoms with Crippen LogP contribution in [0.2, 0.25) is 5.02 Å². The summed E-state index contributed by atoms with van der Waals surface area (Å²) < 4.78 is 0. The zero-order valence-electron chi connectivity index (χ0n) is 8.30. The van der Waals surface area contributed by atoms with Gasteiger partial charge in [0, 0.05) is 17.4 Å². The van der Waals surface area contributed by atoms with E-state index in [1.165, 1.54) is 12.1 Å². The summed E-state index contributed by atoms with van der Waals surface area (Å²) in [5.74, 6) is -0.767. The fraction of sp³-hybridized carbons (Fsp3) is 0.200. The highest BCUT2D eigenvalue weighted by Crippen LogP contribution is 2.20. The first-order valence-corrected chi connectivity index (χ1v) is 5.99. The molecule has 2 amide bonds. The highest BCUT2D eigenvalue weighted by atomic mass is 79.9. The van der Waals surface area contributed by atoms with Gasteiger partial charge in [-0.3, -0.25) is 9.59 Å². The number of nitrogens with one attached hydrogen (secondary N) is 1. The molecular formula is C10H10BrClN2O2. The van der Waals surface area contributed by atoms with Crippen molar-refractivity contribution in [3.63, 3.8) is 0 Å². The first kappa shape index (κ1) is 13.0. The predicted molar refractivity (Wildman–Crippen MR) is 67.0 cm³/mol. The molecule has 3 N–H and O–H groups in total. The Morgan fingerprint density at radius 1 is 1.44 bits per heavy atom. The lowest BCUT2D eigenvalue weighted by Gasteiger charge is -2.06. The third-order valence-electron chi connectivity index (χ3n) is 1.84. The Hall–Kier alpha value is -1.07. The number of alkyl halides is 1. The third kappa shape index (κ3) is 3.50. The molecule has 1 aromatic carbocycles. The van der Waals surface area contributed by atoms with Crippen molar-refractivity contribution in [2.45, 2.75) is 6.42 Å². The fourth-order valence-electron chi connectivity index (χ4n) is 1.10. The van der Waals surface area contributed by atoms with E-state index in [2.05, 4.69) is 21.2 Å². The van der Waals surface area contributed by atoms with Crippen LogP contribution < -0.4 is 11.1 Å². The summed E-state index contributed by atoms with van der Waals surface area (Å²) in [4.78, 5) is 22.3. The molecule has 1 rings (SSSR count). The highest BCUT2D eigenvalue weighted by molar-refractivity contribution is 9.09. The molecule has 0 aliphatic carbocycles. The molecule has 4 nitrogen and oxygen atoms in total. The van der Waals surface area contributed by atoms with Crippen LogP contribution in [0.5, 0.6) is 0 Å². The SMILES string of the molecule is NC(=O)c1cc(NC(=O)CCBr)ccc1Cl. The molecule has 0 aliphatic heterocycles. The van der Waals surface area contributed by atoms with Crippen LogP contribution >= 0.6 is 27.5 Å². The minimum Gasteiger partial charge on any atom is -0.366 e. The maximum Gasteiger partial charge on any atom is 0.250 e. The normalized spacial score (nSPS) is 9.88. The standard InChI is InChI=1S/C10H10BrClN2O2/c11-4-3-9(15)14-6-1-2-8(12)7(5-6)10(13)16/h1-2,5H,3-4H2,(H2,13,16)(H,14,15). The Morgan fingerprint density at radius 2 is 2.12 bits per heavy atom. The van der Waals surface area contributed by atoms with Crippen LogP contribution in [-0.2, 0) is 4.79 Å². The van der Waals surface area contributed by atoms with Crippen molar-refractivity contribution in [3.05, 3.63) is 28.8 Å². The molecule has 16 heavy (non-hydrogen) atoms. The van der Waals surface area contributed by atoms with Gasteiger partial charge in [-0.05, 0) is 18.2 Å². The van der Waals surface area contributed by atoms with Crippen LogP contribution in [0.4, 0.5) is 5.69 Å². The molecule has 0 fully saturated rings. The second-order valence-corrected chi connectivity index (χ2v) is 4.25. The molecule has 86 valence electrons. The van der Waals surface area contributed by atoms with Crippen LogP contribution in [0, 0.1) is 0 Å². The summed E-state index contributed by atoms with van der Waals surface area (Å²) in [6, 6.07) is 4.59. The average Bonchev–Trinajstić information content (AvgIpc) is 2.21. The van der Waals surface area contributed by atoms with E-state index in [0.29, 0.717) is 17.4 Å². The van der Waals surface area contributed by atoms with E-state index < -0.39 is 5.91 Å². The first-order valence-electron chi connectivity index (χ1n) is 4.49. The number of hydrogen-bond acceptors (Lipinski definition) is 2. The van der Waals surface area contributed by atoms with Gasteiger partial charge < -0.3 is 11.1 Å². The quantitative estimate of drug-likeness (QED) is 0.837. The summed E-state index contributed by atoms with van der Waals surface area (Å²) in [5, 5.41) is 3.48. The number of primary amides is 1. The molecule has 1 aromatic rings. The van der Waals surface area contributed by atoms with Gasteiger partial charge >= 0.3 is 0 Å². The summed E-state index contributed by atoms with van der Waals surface area (Å²) in [7, 11) is 0. The van der Waals surface area contributed by atoms with Crippen LogP contribution in [0.25, 0.3) is 0 Å². The van der Waals surface area contributed by atoms with Crippen molar-refractivity contribution in [2.75, 3.05) is 10.6 Å². The van der Waals surface area contributed by atoms with Gasteiger partial charge in [-0.1, -0.05) is 27.5 Å². The van der Waals surface area contributed by atoms with Gasteiger partial charge in [0.15, 0.2) is 0 Å². The van der Waals surface area contributed by atoms with E-state index in [4.69, 9.17) is 17.3 Å². The molecule has 0 radical (unpaired) electrons. The summed E-state index contributed by atoms with van der Waals surface area (Å²) in [6.45, 7) is 0. The Kier molecular flexibility index (Phi) is 4.76. The van der Waals surface area contributed by atoms with Crippen LogP contribution in [0.15, 0.2) is 18.2 Å². The molecule has 0 heterocycles. The number of hydrogen-bond donors (Lipinski definition) is 2. The van der Waals surface area contributed by atoms with Crippen LogP contribution in [0.3, 0.4) is 0 Å². The van der Waals surface area contributed by atoms with E-state index in [1.54, 1.807) is 6.07 Å². The maximum atomic E-state index is 11.3. The van der Waals surface area contributed by atoms with Crippen molar-refractivity contribution >= 4 is 45.0 Å². The van der Waals surface area contributed by atoms with E-state index in [0.717, 1.165) is 0 Å². The number of carbonyl (C=O) groups is 2. The molecule has 0 atom stereocenters. The number of benzene rings is 1. The average molecular weight is 306 g/mol. The van der Waals surface area contributed by atoms with Crippen molar-refractivity contribution < 1.29 is 9.59 Å². The van der Waals surface area contributed by atoms with E-state index in [-0.39, 0.29) is 16.5 Å². The first-order chi connectivity index (χ1) is 7.54. The predicted octanol–water partition coefficient (Wildman–Crippen LogP) is 2.16. The zero-order chi connectivity index (χ0) is 12.1. The second kappa shape index (κ2) is 5.86. The Balaban J connectivity index is 2.87. The minimum atomic E-state index is -0.624. The number of amides is 2. The number of halogens is 2. The Labute approximate surface area is 106 Å². The van der Waals surface area contributed by atoms with Crippen molar-refractivity contribution in [1.29, 1.82) is 0 Å². The third-order valence-corrected chi connectivity index (χ3v) is 2.56. The second-order valence-electron chi connectivity index (χ2n) is 3.05. The summed E-state index contributed by atoms with van der Waals surface area (Å²) in [6.07, 6.45) is 0.356. The van der Waals surface area contributed by atoms with Gasteiger partial charge in [0.25, 0.3) is 0 Å². The lowest BCUT2D eigenvalue weighted by atomic mass is 10.2. The molecule has 0 bridgehead atoms. The largest absolute Gasteiger partial charge is 0.366 e. The molecule has 0 spiro atoms. The molecule has 6 heteroatoms. The Bertz CT molecular complexity index is 423. The monoisotopic (exact) mass is 304 g/mol. The van der Waals surface area contributed by atoms with Gasteiger partial charge in [-0.25, -0.2) is 0 Å². The highest BCUT2D eigenvalue weighted by Gasteiger charge is 2.08. The van der Waals surface area contributed by atoms with Crippen molar-refractivity contribution in [1.82, 2.24) is 0 Å². The van der Waals surface area contributed by atoms with Gasteiger partial charge in [-0.15, -0.1) is 0 Å². The van der Waals surface area contributed by atoms with Crippen LogP contribution in [0.1, 0.15) is 16.8 Å². The molecule has 0 aromatic heterocycles. The number of nitrogens with two attached hydrogens (primary N) is 1. The van der Waals surface area contributed by atoms with Gasteiger partial charge in [0.05, 0.1) is 10.6 Å². The van der Waals surface area contributed by atoms with Crippen LogP contribution in [-0.4, -0.2) is 17.1 Å². The smallest absolute Gasteiger partial charge is 0.250 e. The zero-order valence-corrected chi connectivity index (χ0v) is 10.6. The van der Waals surface area contributed by atoms with E-state index >= 15 is 0 Å². The van der Waals surface area contributed by atoms with E-state index in [9.17, 15) is 9.59 Å². The number of anilines is 1. The van der Waals surface area contributed by atoms with Gasteiger partial charge in [-0.2, -0.15) is 0 Å². The molecule has 0 saturated heterocycles. The van der Waals surface area contributed by atoms with Crippen molar-refractivity contribution in [2.24, 2.45) is 5.73 Å². The molecular weight excluding hydrogens is 295 g/mol. The maximum absolute atomic E-state index is 11.3. The molecule has 0 aliphatic rings. The van der Waals surface area contributed by atoms with Gasteiger partial charge in [0.1, 0.15) is 0 Å². The molecule has 0 unspecified atom stereocenters. The number of rotatable bonds is 4. The lowest BCUT2D eigenvalue weighted by Crippen LogP contribution is -2.14. The minimum absolute atomic E-state index is 0.144. The summed E-state index contributed by atoms with van der Waals surface area (Å²) >= 11 is 8.92. The number of carbonyl (C=O) groups excluding carboxylic acids is 2. The Morgan fingerprint density at radius 3 is 2.69 bits per heavy atom.